The van der Waals surface area contributed by atoms with E-state index in [1.807, 2.05) is 10.6 Å². The lowest BCUT2D eigenvalue weighted by Gasteiger charge is -2.36. The van der Waals surface area contributed by atoms with Crippen LogP contribution in [-0.4, -0.2) is 71.8 Å². The van der Waals surface area contributed by atoms with E-state index in [0.717, 1.165) is 0 Å². The lowest BCUT2D eigenvalue weighted by Crippen LogP contribution is -2.63. The smallest absolute Gasteiger partial charge is 0.459 e. The first kappa shape index (κ1) is 31.3. The zero-order valence-corrected chi connectivity index (χ0v) is 20.2. The van der Waals surface area contributed by atoms with Gasteiger partial charge >= 0.3 is 18.1 Å². The van der Waals surface area contributed by atoms with Gasteiger partial charge in [0.05, 0.1) is 6.54 Å². The van der Waals surface area contributed by atoms with E-state index in [4.69, 9.17) is 16.2 Å². The Morgan fingerprint density at radius 3 is 2.03 bits per heavy atom. The number of primary amides is 1. The number of amides is 3. The van der Waals surface area contributed by atoms with Crippen molar-refractivity contribution in [1.82, 2.24) is 10.6 Å². The van der Waals surface area contributed by atoms with Gasteiger partial charge in [-0.15, -0.1) is 0 Å². The molecule has 37 heavy (non-hydrogen) atoms. The van der Waals surface area contributed by atoms with Crippen molar-refractivity contribution in [3.05, 3.63) is 35.9 Å². The van der Waals surface area contributed by atoms with Gasteiger partial charge < -0.3 is 36.7 Å². The number of hydrogen-bond acceptors (Lipinski definition) is 9. The number of rotatable bonds is 11. The van der Waals surface area contributed by atoms with Crippen LogP contribution >= 0.6 is 0 Å². The number of esters is 2. The van der Waals surface area contributed by atoms with Gasteiger partial charge in [0.15, 0.2) is 12.1 Å². The van der Waals surface area contributed by atoms with Gasteiger partial charge in [0.25, 0.3) is 0 Å². The number of nitrogens with two attached hydrogens (primary N) is 2. The van der Waals surface area contributed by atoms with Crippen molar-refractivity contribution in [3.8, 4) is 0 Å². The second kappa shape index (κ2) is 13.0. The van der Waals surface area contributed by atoms with Crippen molar-refractivity contribution >= 4 is 29.7 Å². The first-order valence-electron chi connectivity index (χ1n) is 10.7. The minimum Gasteiger partial charge on any atom is -0.459 e. The van der Waals surface area contributed by atoms with Crippen molar-refractivity contribution in [1.29, 1.82) is 0 Å². The molecule has 0 spiro atoms. The number of benzene rings is 1. The van der Waals surface area contributed by atoms with E-state index in [1.165, 1.54) is 20.8 Å². The number of alkyl halides is 3. The molecule has 7 N–H and O–H groups in total. The molecule has 1 rings (SSSR count). The second-order valence-electron chi connectivity index (χ2n) is 8.87. The Kier molecular flexibility index (Phi) is 11.0. The summed E-state index contributed by atoms with van der Waals surface area (Å²) in [6.45, 7) is 2.91. The summed E-state index contributed by atoms with van der Waals surface area (Å²) in [5.74, 6) is -7.85. The first-order valence-corrected chi connectivity index (χ1v) is 10.7. The summed E-state index contributed by atoms with van der Waals surface area (Å²) in [5.41, 5.74) is 9.25. The minimum atomic E-state index is -5.44. The summed E-state index contributed by atoms with van der Waals surface area (Å²) in [4.78, 5) is 60.8. The van der Waals surface area contributed by atoms with Crippen LogP contribution in [0.1, 0.15) is 26.3 Å². The average Bonchev–Trinajstić information content (AvgIpc) is 2.81. The maximum absolute atomic E-state index is 13.0. The maximum Gasteiger partial charge on any atom is 0.490 e. The van der Waals surface area contributed by atoms with Crippen LogP contribution in [0.3, 0.4) is 0 Å². The van der Waals surface area contributed by atoms with Crippen molar-refractivity contribution in [2.45, 2.75) is 57.8 Å². The number of halogens is 3. The largest absolute Gasteiger partial charge is 0.490 e. The summed E-state index contributed by atoms with van der Waals surface area (Å²) in [6, 6.07) is 3.90. The summed E-state index contributed by atoms with van der Waals surface area (Å²) in [5, 5.41) is 13.9. The lowest BCUT2D eigenvalue weighted by atomic mass is 9.84. The van der Waals surface area contributed by atoms with Gasteiger partial charge in [-0.2, -0.15) is 13.2 Å². The molecule has 4 atom stereocenters. The fourth-order valence-electron chi connectivity index (χ4n) is 2.93. The molecule has 15 heteroatoms. The molecule has 0 fully saturated rings. The zero-order valence-electron chi connectivity index (χ0n) is 20.2. The molecule has 0 bridgehead atoms. The first-order chi connectivity index (χ1) is 17.0. The molecule has 0 aromatic heterocycles. The SMILES string of the molecule is CC(C)(C)C(OC(=O)C(F)(F)F)[C@H](NC(=O)[C@@H](NC(=O)CN)[C@H](O)C(N)=O)C(=O)OCc1ccccc1. The van der Waals surface area contributed by atoms with Crippen molar-refractivity contribution in [3.63, 3.8) is 0 Å². The number of aliphatic hydroxyl groups excluding tert-OH is 1. The van der Waals surface area contributed by atoms with Gasteiger partial charge in [0, 0.05) is 5.41 Å². The third-order valence-electron chi connectivity index (χ3n) is 4.79. The predicted octanol–water partition coefficient (Wildman–Crippen LogP) is -0.975. The van der Waals surface area contributed by atoms with Gasteiger partial charge in [0.2, 0.25) is 17.7 Å². The van der Waals surface area contributed by atoms with E-state index in [2.05, 4.69) is 4.74 Å². The molecule has 0 aliphatic carbocycles. The highest BCUT2D eigenvalue weighted by molar-refractivity contribution is 5.96. The summed E-state index contributed by atoms with van der Waals surface area (Å²) >= 11 is 0. The molecule has 0 aliphatic rings. The number of aliphatic hydroxyl groups is 1. The third-order valence-corrected chi connectivity index (χ3v) is 4.79. The Morgan fingerprint density at radius 1 is 1.00 bits per heavy atom. The third kappa shape index (κ3) is 9.69. The molecular formula is C22H29F3N4O8. The van der Waals surface area contributed by atoms with Crippen LogP contribution < -0.4 is 22.1 Å². The zero-order chi connectivity index (χ0) is 28.6. The molecule has 1 unspecified atom stereocenters. The van der Waals surface area contributed by atoms with Crippen LogP contribution in [0.2, 0.25) is 0 Å². The molecule has 206 valence electrons. The Labute approximate surface area is 209 Å². The standard InChI is InChI=1S/C22H29F3N4O8/c1-21(2,3)16(37-20(35)22(23,24)25)14(19(34)36-10-11-7-5-4-6-8-11)29-18(33)13(15(31)17(27)32)28-12(30)9-26/h4-8,13-16,31H,9-10,26H2,1-3H3,(H2,27,32)(H,28,30)(H,29,33)/t13-,14-,15-,16?/m0/s1. The molecule has 1 aromatic rings. The van der Waals surface area contributed by atoms with Gasteiger partial charge in [-0.05, 0) is 5.56 Å². The van der Waals surface area contributed by atoms with E-state index < -0.39 is 72.1 Å². The number of carbonyl (C=O) groups excluding carboxylic acids is 5. The van der Waals surface area contributed by atoms with E-state index in [1.54, 1.807) is 30.3 Å². The summed E-state index contributed by atoms with van der Waals surface area (Å²) < 4.78 is 48.6. The highest BCUT2D eigenvalue weighted by atomic mass is 19.4. The van der Waals surface area contributed by atoms with E-state index in [0.29, 0.717) is 5.56 Å². The molecule has 0 saturated heterocycles. The normalized spacial score (nSPS) is 14.9. The summed E-state index contributed by atoms with van der Waals surface area (Å²) in [6.07, 6.45) is -9.72. The number of hydrogen-bond donors (Lipinski definition) is 5. The Bertz CT molecular complexity index is 982. The maximum atomic E-state index is 13.0. The van der Waals surface area contributed by atoms with Crippen molar-refractivity contribution < 1.29 is 51.7 Å². The minimum absolute atomic E-state index is 0.368. The number of carbonyl (C=O) groups is 5. The summed E-state index contributed by atoms with van der Waals surface area (Å²) in [7, 11) is 0. The second-order valence-corrected chi connectivity index (χ2v) is 8.87. The molecular weight excluding hydrogens is 505 g/mol. The molecule has 0 aliphatic heterocycles. The predicted molar refractivity (Wildman–Crippen MR) is 120 cm³/mol. The van der Waals surface area contributed by atoms with E-state index in [-0.39, 0.29) is 6.61 Å². The van der Waals surface area contributed by atoms with Crippen molar-refractivity contribution in [2.24, 2.45) is 16.9 Å². The van der Waals surface area contributed by atoms with Gasteiger partial charge in [-0.1, -0.05) is 51.1 Å². The highest BCUT2D eigenvalue weighted by Crippen LogP contribution is 2.29. The number of ether oxygens (including phenoxy) is 2. The van der Waals surface area contributed by atoms with E-state index in [9.17, 15) is 42.3 Å². The quantitative estimate of drug-likeness (QED) is 0.221. The van der Waals surface area contributed by atoms with Crippen LogP contribution in [-0.2, 0) is 40.1 Å². The van der Waals surface area contributed by atoms with Gasteiger partial charge in [0.1, 0.15) is 18.8 Å². The molecule has 12 nitrogen and oxygen atoms in total. The Balaban J connectivity index is 3.41. The average molecular weight is 534 g/mol. The fourth-order valence-corrected chi connectivity index (χ4v) is 2.93. The van der Waals surface area contributed by atoms with Crippen LogP contribution in [0, 0.1) is 5.41 Å². The van der Waals surface area contributed by atoms with Gasteiger partial charge in [-0.3, -0.25) is 14.4 Å². The molecule has 3 amide bonds. The van der Waals surface area contributed by atoms with Crippen LogP contribution in [0.25, 0.3) is 0 Å². The Morgan fingerprint density at radius 2 is 1.57 bits per heavy atom. The topological polar surface area (TPSA) is 200 Å². The molecule has 0 radical (unpaired) electrons. The molecule has 0 saturated carbocycles. The van der Waals surface area contributed by atoms with Crippen LogP contribution in [0.5, 0.6) is 0 Å². The van der Waals surface area contributed by atoms with Crippen LogP contribution in [0.4, 0.5) is 13.2 Å². The number of nitrogens with one attached hydrogen (secondary N) is 2. The molecule has 0 heterocycles. The van der Waals surface area contributed by atoms with Crippen LogP contribution in [0.15, 0.2) is 30.3 Å². The van der Waals surface area contributed by atoms with Gasteiger partial charge in [-0.25, -0.2) is 9.59 Å². The molecule has 1 aromatic carbocycles. The van der Waals surface area contributed by atoms with Crippen molar-refractivity contribution in [2.75, 3.05) is 6.54 Å². The van der Waals surface area contributed by atoms with E-state index >= 15 is 0 Å². The highest BCUT2D eigenvalue weighted by Gasteiger charge is 2.49. The fraction of sp³-hybridized carbons (Fsp3) is 0.500. The lowest BCUT2D eigenvalue weighted by molar-refractivity contribution is -0.212. The monoisotopic (exact) mass is 534 g/mol. The Hall–Kier alpha value is -3.72.